The number of benzene rings is 1. The number of aryl methyl sites for hydroxylation is 1. The van der Waals surface area contributed by atoms with E-state index < -0.39 is 0 Å². The Balaban J connectivity index is 3.51. The minimum Gasteiger partial charge on any atom is -0.388 e. The molecule has 0 heterocycles. The first-order valence-electron chi connectivity index (χ1n) is 6.43. The molecular formula is C15H24N2O. The molecule has 0 spiro atoms. The molecule has 1 aromatic carbocycles. The van der Waals surface area contributed by atoms with Gasteiger partial charge in [0.1, 0.15) is 0 Å². The van der Waals surface area contributed by atoms with Crippen LogP contribution in [0.4, 0.5) is 5.69 Å². The molecule has 1 amide bonds. The van der Waals surface area contributed by atoms with Gasteiger partial charge < -0.3 is 10.6 Å². The molecule has 1 aromatic rings. The molecule has 3 nitrogen and oxygen atoms in total. The van der Waals surface area contributed by atoms with Crippen molar-refractivity contribution >= 4 is 11.6 Å². The van der Waals surface area contributed by atoms with E-state index in [0.29, 0.717) is 6.54 Å². The van der Waals surface area contributed by atoms with Gasteiger partial charge in [0.05, 0.1) is 0 Å². The summed E-state index contributed by atoms with van der Waals surface area (Å²) in [5.74, 6) is 0.0111. The highest BCUT2D eigenvalue weighted by Crippen LogP contribution is 2.34. The number of anilines is 1. The predicted molar refractivity (Wildman–Crippen MR) is 77.4 cm³/mol. The molecule has 0 radical (unpaired) electrons. The maximum atomic E-state index is 12.3. The van der Waals surface area contributed by atoms with Gasteiger partial charge in [-0.05, 0) is 36.5 Å². The van der Waals surface area contributed by atoms with Crippen LogP contribution in [0.25, 0.3) is 0 Å². The topological polar surface area (TPSA) is 41.1 Å². The monoisotopic (exact) mass is 248 g/mol. The van der Waals surface area contributed by atoms with E-state index in [9.17, 15) is 4.79 Å². The van der Waals surface area contributed by atoms with E-state index in [1.807, 2.05) is 33.0 Å². The minimum atomic E-state index is -0.0786. The number of nitrogens with one attached hydrogen (secondary N) is 2. The van der Waals surface area contributed by atoms with Crippen molar-refractivity contribution in [1.29, 1.82) is 0 Å². The van der Waals surface area contributed by atoms with Crippen LogP contribution < -0.4 is 10.6 Å². The zero-order chi connectivity index (χ0) is 13.9. The molecule has 0 bridgehead atoms. The summed E-state index contributed by atoms with van der Waals surface area (Å²) in [7, 11) is 1.89. The second-order valence-electron chi connectivity index (χ2n) is 5.54. The van der Waals surface area contributed by atoms with Crippen LogP contribution in [0.3, 0.4) is 0 Å². The predicted octanol–water partition coefficient (Wildman–Crippen LogP) is 3.08. The van der Waals surface area contributed by atoms with Crippen molar-refractivity contribution in [2.75, 3.05) is 18.9 Å². The number of hydrogen-bond donors (Lipinski definition) is 2. The summed E-state index contributed by atoms with van der Waals surface area (Å²) in [6, 6.07) is 4.03. The first-order chi connectivity index (χ1) is 8.32. The van der Waals surface area contributed by atoms with E-state index >= 15 is 0 Å². The zero-order valence-corrected chi connectivity index (χ0v) is 12.3. The van der Waals surface area contributed by atoms with Crippen molar-refractivity contribution in [3.8, 4) is 0 Å². The fraction of sp³-hybridized carbons (Fsp3) is 0.533. The lowest BCUT2D eigenvalue weighted by molar-refractivity contribution is 0.0953. The fourth-order valence-corrected chi connectivity index (χ4v) is 2.24. The smallest absolute Gasteiger partial charge is 0.251 e. The Labute approximate surface area is 110 Å². The molecule has 2 N–H and O–H groups in total. The Morgan fingerprint density at radius 3 is 2.33 bits per heavy atom. The summed E-state index contributed by atoms with van der Waals surface area (Å²) in [4.78, 5) is 12.3. The number of carbonyl (C=O) groups is 1. The minimum absolute atomic E-state index is 0.0111. The molecule has 3 heteroatoms. The van der Waals surface area contributed by atoms with Gasteiger partial charge in [0.25, 0.3) is 5.91 Å². The summed E-state index contributed by atoms with van der Waals surface area (Å²) < 4.78 is 0. The first-order valence-corrected chi connectivity index (χ1v) is 6.43. The Morgan fingerprint density at radius 2 is 1.89 bits per heavy atom. The third kappa shape index (κ3) is 2.84. The summed E-state index contributed by atoms with van der Waals surface area (Å²) in [5, 5.41) is 6.09. The maximum Gasteiger partial charge on any atom is 0.251 e. The largest absolute Gasteiger partial charge is 0.388 e. The van der Waals surface area contributed by atoms with Gasteiger partial charge in [0.2, 0.25) is 0 Å². The highest BCUT2D eigenvalue weighted by Gasteiger charge is 2.26. The lowest BCUT2D eigenvalue weighted by atomic mass is 9.80. The van der Waals surface area contributed by atoms with Crippen molar-refractivity contribution in [3.63, 3.8) is 0 Å². The number of hydrogen-bond acceptors (Lipinski definition) is 2. The highest BCUT2D eigenvalue weighted by atomic mass is 16.1. The van der Waals surface area contributed by atoms with Crippen LogP contribution in [0.1, 0.15) is 49.2 Å². The standard InChI is InChI=1S/C15H24N2O/c1-7-17-14(18)12-10(2)8-9-11(16-6)13(12)15(3,4)5/h8-9,16H,7H2,1-6H3,(H,17,18). The van der Waals surface area contributed by atoms with Crippen molar-refractivity contribution in [2.45, 2.75) is 40.0 Å². The Kier molecular flexibility index (Phi) is 4.38. The highest BCUT2D eigenvalue weighted by molar-refractivity contribution is 5.99. The van der Waals surface area contributed by atoms with E-state index in [-0.39, 0.29) is 11.3 Å². The Bertz CT molecular complexity index is 445. The number of amides is 1. The van der Waals surface area contributed by atoms with Crippen LogP contribution in [0.15, 0.2) is 12.1 Å². The second kappa shape index (κ2) is 5.42. The summed E-state index contributed by atoms with van der Waals surface area (Å²) >= 11 is 0. The molecule has 0 unspecified atom stereocenters. The van der Waals surface area contributed by atoms with E-state index in [0.717, 1.165) is 22.4 Å². The maximum absolute atomic E-state index is 12.3. The van der Waals surface area contributed by atoms with Gasteiger partial charge in [-0.25, -0.2) is 0 Å². The summed E-state index contributed by atoms with van der Waals surface area (Å²) in [6.07, 6.45) is 0. The van der Waals surface area contributed by atoms with E-state index in [4.69, 9.17) is 0 Å². The molecule has 0 aliphatic carbocycles. The normalized spacial score (nSPS) is 11.2. The average Bonchev–Trinajstić information content (AvgIpc) is 2.27. The summed E-state index contributed by atoms with van der Waals surface area (Å²) in [5.41, 5.74) is 3.84. The van der Waals surface area contributed by atoms with Crippen LogP contribution in [0, 0.1) is 6.92 Å². The molecule has 100 valence electrons. The molecule has 0 fully saturated rings. The molecule has 1 rings (SSSR count). The van der Waals surface area contributed by atoms with Crippen molar-refractivity contribution in [3.05, 3.63) is 28.8 Å². The van der Waals surface area contributed by atoms with Crippen LogP contribution >= 0.6 is 0 Å². The van der Waals surface area contributed by atoms with Crippen LogP contribution in [-0.4, -0.2) is 19.5 Å². The molecule has 0 aliphatic rings. The molecule has 0 saturated heterocycles. The summed E-state index contributed by atoms with van der Waals surface area (Å²) in [6.45, 7) is 11.0. The lowest BCUT2D eigenvalue weighted by Gasteiger charge is -2.27. The SMILES string of the molecule is CCNC(=O)c1c(C)ccc(NC)c1C(C)(C)C. The molecular weight excluding hydrogens is 224 g/mol. The average molecular weight is 248 g/mol. The van der Waals surface area contributed by atoms with Gasteiger partial charge in [-0.15, -0.1) is 0 Å². The van der Waals surface area contributed by atoms with E-state index in [1.54, 1.807) is 0 Å². The van der Waals surface area contributed by atoms with Crippen LogP contribution in [-0.2, 0) is 5.41 Å². The molecule has 0 atom stereocenters. The van der Waals surface area contributed by atoms with Crippen molar-refractivity contribution < 1.29 is 4.79 Å². The molecule has 0 aliphatic heterocycles. The quantitative estimate of drug-likeness (QED) is 0.863. The van der Waals surface area contributed by atoms with Crippen LogP contribution in [0.5, 0.6) is 0 Å². The van der Waals surface area contributed by atoms with Crippen molar-refractivity contribution in [1.82, 2.24) is 5.32 Å². The van der Waals surface area contributed by atoms with Crippen LogP contribution in [0.2, 0.25) is 0 Å². The van der Waals surface area contributed by atoms with Gasteiger partial charge >= 0.3 is 0 Å². The molecule has 0 saturated carbocycles. The van der Waals surface area contributed by atoms with Gasteiger partial charge in [-0.3, -0.25) is 4.79 Å². The zero-order valence-electron chi connectivity index (χ0n) is 12.3. The second-order valence-corrected chi connectivity index (χ2v) is 5.54. The molecule has 18 heavy (non-hydrogen) atoms. The third-order valence-corrected chi connectivity index (χ3v) is 3.00. The van der Waals surface area contributed by atoms with Gasteiger partial charge in [0, 0.05) is 24.8 Å². The van der Waals surface area contributed by atoms with Gasteiger partial charge in [0.15, 0.2) is 0 Å². The van der Waals surface area contributed by atoms with Gasteiger partial charge in [-0.1, -0.05) is 26.8 Å². The fourth-order valence-electron chi connectivity index (χ4n) is 2.24. The molecule has 0 aromatic heterocycles. The number of carbonyl (C=O) groups excluding carboxylic acids is 1. The van der Waals surface area contributed by atoms with Crippen molar-refractivity contribution in [2.24, 2.45) is 0 Å². The lowest BCUT2D eigenvalue weighted by Crippen LogP contribution is -2.28. The third-order valence-electron chi connectivity index (χ3n) is 3.00. The van der Waals surface area contributed by atoms with E-state index in [2.05, 4.69) is 31.4 Å². The Hall–Kier alpha value is -1.51. The Morgan fingerprint density at radius 1 is 1.28 bits per heavy atom. The number of rotatable bonds is 3. The van der Waals surface area contributed by atoms with Gasteiger partial charge in [-0.2, -0.15) is 0 Å². The first kappa shape index (κ1) is 14.6. The van der Waals surface area contributed by atoms with E-state index in [1.165, 1.54) is 0 Å².